The summed E-state index contributed by atoms with van der Waals surface area (Å²) in [7, 11) is 0. The second kappa shape index (κ2) is 6.41. The third-order valence-corrected chi connectivity index (χ3v) is 5.09. The maximum absolute atomic E-state index is 6.25. The van der Waals surface area contributed by atoms with E-state index in [1.165, 1.54) is 19.3 Å². The highest BCUT2D eigenvalue weighted by Gasteiger charge is 2.31. The normalized spacial score (nSPS) is 26.3. The molecule has 0 amide bonds. The summed E-state index contributed by atoms with van der Waals surface area (Å²) in [5.74, 6) is 3.07. The van der Waals surface area contributed by atoms with Crippen LogP contribution in [0.4, 0.5) is 0 Å². The fraction of sp³-hybridized carbons (Fsp3) is 0.556. The van der Waals surface area contributed by atoms with Crippen LogP contribution < -0.4 is 5.32 Å². The van der Waals surface area contributed by atoms with Crippen LogP contribution in [0.5, 0.6) is 0 Å². The van der Waals surface area contributed by atoms with Gasteiger partial charge >= 0.3 is 0 Å². The maximum atomic E-state index is 6.25. The number of nitrogens with one attached hydrogen (secondary N) is 1. The average Bonchev–Trinajstić information content (AvgIpc) is 2.91. The van der Waals surface area contributed by atoms with Crippen molar-refractivity contribution in [1.29, 1.82) is 0 Å². The second-order valence-electron chi connectivity index (χ2n) is 6.40. The molecule has 1 heterocycles. The van der Waals surface area contributed by atoms with E-state index in [0.717, 1.165) is 35.7 Å². The Bertz CT molecular complexity index is 604. The Morgan fingerprint density at radius 2 is 2.19 bits per heavy atom. The summed E-state index contributed by atoms with van der Waals surface area (Å²) in [4.78, 5) is 0. The summed E-state index contributed by atoms with van der Waals surface area (Å²) in [6, 6.07) is 8.17. The summed E-state index contributed by atoms with van der Waals surface area (Å²) >= 11 is 6.25. The second-order valence-corrected chi connectivity index (χ2v) is 6.81. The molecule has 3 rings (SSSR count). The largest absolute Gasteiger partial charge is 0.459 e. The van der Waals surface area contributed by atoms with E-state index in [1.807, 2.05) is 12.1 Å². The predicted molar refractivity (Wildman–Crippen MR) is 89.0 cm³/mol. The van der Waals surface area contributed by atoms with Crippen LogP contribution in [0.3, 0.4) is 0 Å². The lowest BCUT2D eigenvalue weighted by Gasteiger charge is -2.33. The summed E-state index contributed by atoms with van der Waals surface area (Å²) in [6.07, 6.45) is 3.82. The zero-order chi connectivity index (χ0) is 14.8. The molecule has 0 aliphatic heterocycles. The minimum Gasteiger partial charge on any atom is -0.459 e. The molecule has 3 unspecified atom stereocenters. The van der Waals surface area contributed by atoms with Crippen molar-refractivity contribution in [1.82, 2.24) is 5.32 Å². The van der Waals surface area contributed by atoms with Gasteiger partial charge in [-0.2, -0.15) is 0 Å². The third-order valence-electron chi connectivity index (χ3n) is 4.79. The number of halogens is 1. The molecule has 1 aromatic carbocycles. The first-order chi connectivity index (χ1) is 10.2. The van der Waals surface area contributed by atoms with Crippen molar-refractivity contribution < 1.29 is 4.42 Å². The standard InChI is InChI=1S/C18H24ClNO/c1-3-20-11-14-8-7-12(2)9-15(14)17-10-13-5-4-6-16(19)18(13)21-17/h4-6,10,12,14-15,20H,3,7-9,11H2,1-2H3. The van der Waals surface area contributed by atoms with Crippen molar-refractivity contribution >= 4 is 22.6 Å². The molecule has 3 atom stereocenters. The van der Waals surface area contributed by atoms with Crippen molar-refractivity contribution in [3.05, 3.63) is 35.0 Å². The van der Waals surface area contributed by atoms with E-state index in [-0.39, 0.29) is 0 Å². The lowest BCUT2D eigenvalue weighted by Crippen LogP contribution is -2.31. The van der Waals surface area contributed by atoms with Crippen LogP contribution in [0, 0.1) is 11.8 Å². The molecule has 2 aromatic rings. The summed E-state index contributed by atoms with van der Waals surface area (Å²) in [5.41, 5.74) is 0.842. The fourth-order valence-electron chi connectivity index (χ4n) is 3.60. The number of furan rings is 1. The van der Waals surface area contributed by atoms with Crippen LogP contribution in [0.25, 0.3) is 11.0 Å². The van der Waals surface area contributed by atoms with Gasteiger partial charge in [-0.1, -0.05) is 44.0 Å². The molecule has 0 radical (unpaired) electrons. The zero-order valence-electron chi connectivity index (χ0n) is 12.9. The van der Waals surface area contributed by atoms with Crippen molar-refractivity contribution in [2.45, 2.75) is 39.0 Å². The van der Waals surface area contributed by atoms with Gasteiger partial charge in [0.25, 0.3) is 0 Å². The van der Waals surface area contributed by atoms with Crippen LogP contribution in [0.15, 0.2) is 28.7 Å². The molecular weight excluding hydrogens is 282 g/mol. The summed E-state index contributed by atoms with van der Waals surface area (Å²) in [5, 5.41) is 5.35. The zero-order valence-corrected chi connectivity index (χ0v) is 13.6. The van der Waals surface area contributed by atoms with Crippen molar-refractivity contribution in [3.63, 3.8) is 0 Å². The number of fused-ring (bicyclic) bond motifs is 1. The van der Waals surface area contributed by atoms with Gasteiger partial charge in [0.1, 0.15) is 5.76 Å². The van der Waals surface area contributed by atoms with Gasteiger partial charge in [-0.25, -0.2) is 0 Å². The number of para-hydroxylation sites is 1. The maximum Gasteiger partial charge on any atom is 0.152 e. The molecule has 114 valence electrons. The Morgan fingerprint density at radius 3 is 2.95 bits per heavy atom. The van der Waals surface area contributed by atoms with Gasteiger partial charge in [0.15, 0.2) is 5.58 Å². The SMILES string of the molecule is CCNCC1CCC(C)CC1c1cc2cccc(Cl)c2o1. The molecule has 1 aliphatic carbocycles. The first-order valence-electron chi connectivity index (χ1n) is 8.07. The van der Waals surface area contributed by atoms with Crippen LogP contribution in [-0.4, -0.2) is 13.1 Å². The predicted octanol–water partition coefficient (Wildman–Crippen LogP) is 5.22. The Hall–Kier alpha value is -0.990. The van der Waals surface area contributed by atoms with E-state index < -0.39 is 0 Å². The van der Waals surface area contributed by atoms with Crippen molar-refractivity contribution in [2.24, 2.45) is 11.8 Å². The highest BCUT2D eigenvalue weighted by Crippen LogP contribution is 2.42. The lowest BCUT2D eigenvalue weighted by atomic mass is 9.73. The molecule has 1 N–H and O–H groups in total. The molecule has 0 saturated heterocycles. The number of rotatable bonds is 4. The molecule has 3 heteroatoms. The highest BCUT2D eigenvalue weighted by molar-refractivity contribution is 6.34. The lowest BCUT2D eigenvalue weighted by molar-refractivity contribution is 0.222. The minimum absolute atomic E-state index is 0.510. The van der Waals surface area contributed by atoms with Gasteiger partial charge in [-0.15, -0.1) is 0 Å². The van der Waals surface area contributed by atoms with E-state index in [2.05, 4.69) is 31.3 Å². The Morgan fingerprint density at radius 1 is 1.33 bits per heavy atom. The Kier molecular flexibility index (Phi) is 4.56. The van der Waals surface area contributed by atoms with Gasteiger partial charge in [-0.3, -0.25) is 0 Å². The summed E-state index contributed by atoms with van der Waals surface area (Å²) in [6.45, 7) is 6.64. The molecule has 0 spiro atoms. The number of hydrogen-bond acceptors (Lipinski definition) is 2. The van der Waals surface area contributed by atoms with Crippen LogP contribution in [-0.2, 0) is 0 Å². The molecule has 1 aromatic heterocycles. The fourth-order valence-corrected chi connectivity index (χ4v) is 3.82. The topological polar surface area (TPSA) is 25.2 Å². The van der Waals surface area contributed by atoms with Gasteiger partial charge < -0.3 is 9.73 Å². The number of benzene rings is 1. The van der Waals surface area contributed by atoms with Gasteiger partial charge in [0, 0.05) is 11.3 Å². The average molecular weight is 306 g/mol. The molecule has 2 nitrogen and oxygen atoms in total. The van der Waals surface area contributed by atoms with E-state index in [9.17, 15) is 0 Å². The Labute approximate surface area is 131 Å². The molecule has 1 saturated carbocycles. The molecule has 0 bridgehead atoms. The Balaban J connectivity index is 1.91. The quantitative estimate of drug-likeness (QED) is 0.838. The molecule has 1 aliphatic rings. The molecule has 1 fully saturated rings. The highest BCUT2D eigenvalue weighted by atomic mass is 35.5. The first kappa shape index (κ1) is 14.9. The van der Waals surface area contributed by atoms with Gasteiger partial charge in [0.05, 0.1) is 5.02 Å². The van der Waals surface area contributed by atoms with Crippen molar-refractivity contribution in [2.75, 3.05) is 13.1 Å². The van der Waals surface area contributed by atoms with Crippen molar-refractivity contribution in [3.8, 4) is 0 Å². The first-order valence-corrected chi connectivity index (χ1v) is 8.45. The third kappa shape index (κ3) is 3.12. The summed E-state index contributed by atoms with van der Waals surface area (Å²) < 4.78 is 6.14. The minimum atomic E-state index is 0.510. The van der Waals surface area contributed by atoms with Crippen LogP contribution >= 0.6 is 11.6 Å². The van der Waals surface area contributed by atoms with E-state index in [1.54, 1.807) is 0 Å². The molecule has 21 heavy (non-hydrogen) atoms. The molecular formula is C18H24ClNO. The van der Waals surface area contributed by atoms with Crippen LogP contribution in [0.1, 0.15) is 44.8 Å². The van der Waals surface area contributed by atoms with E-state index in [4.69, 9.17) is 16.0 Å². The van der Waals surface area contributed by atoms with Gasteiger partial charge in [0.2, 0.25) is 0 Å². The number of hydrogen-bond donors (Lipinski definition) is 1. The monoisotopic (exact) mass is 305 g/mol. The van der Waals surface area contributed by atoms with Crippen LogP contribution in [0.2, 0.25) is 5.02 Å². The van der Waals surface area contributed by atoms with Gasteiger partial charge in [-0.05, 0) is 49.9 Å². The van der Waals surface area contributed by atoms with E-state index >= 15 is 0 Å². The van der Waals surface area contributed by atoms with E-state index in [0.29, 0.717) is 16.9 Å². The smallest absolute Gasteiger partial charge is 0.152 e.